The maximum atomic E-state index is 12.1. The molecule has 1 amide bonds. The molecule has 1 aliphatic heterocycles. The third-order valence-electron chi connectivity index (χ3n) is 3.91. The van der Waals surface area contributed by atoms with E-state index in [-0.39, 0.29) is 13.2 Å². The first-order valence-corrected chi connectivity index (χ1v) is 9.82. The summed E-state index contributed by atoms with van der Waals surface area (Å²) < 4.78 is 24.0. The molecule has 13 heteroatoms. The summed E-state index contributed by atoms with van der Waals surface area (Å²) in [7, 11) is 0. The van der Waals surface area contributed by atoms with E-state index in [0.717, 1.165) is 0 Å². The summed E-state index contributed by atoms with van der Waals surface area (Å²) in [6, 6.07) is -0.993. The fourth-order valence-electron chi connectivity index (χ4n) is 2.63. The number of rotatable bonds is 7. The molecule has 0 saturated carbocycles. The second-order valence-electron chi connectivity index (χ2n) is 6.28. The minimum absolute atomic E-state index is 0.0638. The molecule has 0 aromatic rings. The highest BCUT2D eigenvalue weighted by Crippen LogP contribution is 2.33. The minimum Gasteiger partial charge on any atom is -0.463 e. The normalized spacial score (nSPS) is 26.1. The van der Waals surface area contributed by atoms with E-state index in [1.165, 1.54) is 19.9 Å². The summed E-state index contributed by atoms with van der Waals surface area (Å²) in [4.78, 5) is 34.9. The van der Waals surface area contributed by atoms with Gasteiger partial charge in [-0.25, -0.2) is 4.79 Å². The summed E-state index contributed by atoms with van der Waals surface area (Å²) in [5.74, 6) is -2.63. The van der Waals surface area contributed by atoms with Crippen LogP contribution in [0.5, 0.6) is 0 Å². The zero-order chi connectivity index (χ0) is 23.1. The van der Waals surface area contributed by atoms with Crippen molar-refractivity contribution >= 4 is 58.7 Å². The molecule has 0 radical (unpaired) electrons. The summed E-state index contributed by atoms with van der Waals surface area (Å²) in [5.41, 5.74) is 0. The van der Waals surface area contributed by atoms with Crippen molar-refractivity contribution in [3.05, 3.63) is 12.7 Å². The van der Waals surface area contributed by atoms with E-state index in [1.807, 2.05) is 0 Å². The zero-order valence-corrected chi connectivity index (χ0v) is 18.8. The number of hydrogen-bond acceptors (Lipinski definition) is 9. The van der Waals surface area contributed by atoms with Crippen molar-refractivity contribution in [1.82, 2.24) is 5.32 Å². The smallest absolute Gasteiger partial charge is 0.407 e. The lowest BCUT2D eigenvalue weighted by Gasteiger charge is -2.44. The van der Waals surface area contributed by atoms with Gasteiger partial charge < -0.3 is 29.0 Å². The molecule has 1 heterocycles. The highest BCUT2D eigenvalue weighted by molar-refractivity contribution is 6.76. The predicted octanol–water partition coefficient (Wildman–Crippen LogP) is 2.49. The molecular weight excluding hydrogens is 467 g/mol. The Bertz CT molecular complexity index is 670. The van der Waals surface area contributed by atoms with Crippen molar-refractivity contribution in [2.45, 2.75) is 49.1 Å². The molecule has 2 N–H and O–H groups in total. The van der Waals surface area contributed by atoms with E-state index in [0.29, 0.717) is 0 Å². The number of alkyl halides is 3. The minimum atomic E-state index is -2.20. The highest BCUT2D eigenvalue weighted by Gasteiger charge is 2.49. The number of hydrogen-bond donors (Lipinski definition) is 2. The van der Waals surface area contributed by atoms with Crippen molar-refractivity contribution in [2.24, 2.45) is 5.92 Å². The maximum absolute atomic E-state index is 12.1. The molecule has 0 aromatic carbocycles. The lowest BCUT2D eigenvalue weighted by molar-refractivity contribution is -0.241. The molecule has 0 bridgehead atoms. The van der Waals surface area contributed by atoms with Gasteiger partial charge in [0.15, 0.2) is 0 Å². The monoisotopic (exact) mass is 488 g/mol. The highest BCUT2D eigenvalue weighted by atomic mass is 35.6. The lowest BCUT2D eigenvalue weighted by atomic mass is 9.88. The average molecular weight is 490 g/mol. The average Bonchev–Trinajstić information content (AvgIpc) is 2.62. The number of carbonyl (C=O) groups is 3. The fraction of sp³-hybridized carbons (Fsp3) is 0.647. The predicted molar refractivity (Wildman–Crippen MR) is 108 cm³/mol. The number of alkyl carbamates (subject to hydrolysis) is 1. The number of ether oxygens (including phenoxy) is 5. The Morgan fingerprint density at radius 3 is 2.30 bits per heavy atom. The molecule has 0 spiro atoms. The van der Waals surface area contributed by atoms with E-state index in [9.17, 15) is 14.4 Å². The maximum Gasteiger partial charge on any atom is 0.407 e. The lowest BCUT2D eigenvalue weighted by Crippen LogP contribution is -2.62. The Morgan fingerprint density at radius 1 is 1.17 bits per heavy atom. The van der Waals surface area contributed by atoms with Gasteiger partial charge >= 0.3 is 18.0 Å². The number of esters is 2. The zero-order valence-electron chi connectivity index (χ0n) is 16.5. The second kappa shape index (κ2) is 11.6. The van der Waals surface area contributed by atoms with Crippen LogP contribution in [0.1, 0.15) is 20.8 Å². The first-order valence-electron chi connectivity index (χ1n) is 8.69. The van der Waals surface area contributed by atoms with Crippen molar-refractivity contribution in [3.63, 3.8) is 0 Å². The van der Waals surface area contributed by atoms with Gasteiger partial charge in [0.05, 0.1) is 0 Å². The van der Waals surface area contributed by atoms with Gasteiger partial charge in [-0.2, -0.15) is 0 Å². The number of carbonyl (C=O) groups excluding carboxylic acids is 3. The SMILES string of the molecule is C=CCOC(=O)NC1C(OC(=N)C(Cl)(Cl)Cl)O[C@@H](COC(C)=O)[C@H](OC(C)=O)C1C. The summed E-state index contributed by atoms with van der Waals surface area (Å²) >= 11 is 17.0. The molecule has 3 unspecified atom stereocenters. The summed E-state index contributed by atoms with van der Waals surface area (Å²) in [6.45, 7) is 7.11. The van der Waals surface area contributed by atoms with E-state index in [2.05, 4.69) is 11.9 Å². The molecule has 1 saturated heterocycles. The Morgan fingerprint density at radius 2 is 1.80 bits per heavy atom. The van der Waals surface area contributed by atoms with Gasteiger partial charge in [-0.1, -0.05) is 54.4 Å². The summed E-state index contributed by atoms with van der Waals surface area (Å²) in [5, 5.41) is 10.3. The van der Waals surface area contributed by atoms with Crippen LogP contribution in [-0.2, 0) is 33.3 Å². The molecule has 1 aliphatic rings. The van der Waals surface area contributed by atoms with Crippen molar-refractivity contribution < 1.29 is 38.1 Å². The van der Waals surface area contributed by atoms with E-state index >= 15 is 0 Å². The van der Waals surface area contributed by atoms with Crippen LogP contribution >= 0.6 is 34.8 Å². The second-order valence-corrected chi connectivity index (χ2v) is 8.56. The Labute approximate surface area is 188 Å². The third kappa shape index (κ3) is 8.17. The molecule has 5 atom stereocenters. The van der Waals surface area contributed by atoms with Gasteiger partial charge in [0.25, 0.3) is 3.79 Å². The van der Waals surface area contributed by atoms with Crippen LogP contribution < -0.4 is 5.32 Å². The van der Waals surface area contributed by atoms with E-state index in [1.54, 1.807) is 6.92 Å². The standard InChI is InChI=1S/C17H23Cl3N2O8/c1-5-6-26-16(25)22-12-8(2)13(28-10(4)24)11(7-27-9(3)23)29-14(12)30-15(21)17(18,19)20/h5,8,11-14,21H,1,6-7H2,2-4H3,(H,22,25)/t8?,11-,12?,13+,14?/m0/s1. The van der Waals surface area contributed by atoms with Gasteiger partial charge in [0.2, 0.25) is 12.2 Å². The fourth-order valence-corrected chi connectivity index (χ4v) is 2.76. The molecule has 0 aromatic heterocycles. The van der Waals surface area contributed by atoms with Crippen LogP contribution in [-0.4, -0.2) is 65.5 Å². The Balaban J connectivity index is 3.17. The quantitative estimate of drug-likeness (QED) is 0.139. The molecule has 1 fully saturated rings. The molecule has 170 valence electrons. The first kappa shape index (κ1) is 26.3. The number of halogens is 3. The van der Waals surface area contributed by atoms with Gasteiger partial charge in [-0.3, -0.25) is 15.0 Å². The van der Waals surface area contributed by atoms with Crippen LogP contribution in [0.15, 0.2) is 12.7 Å². The van der Waals surface area contributed by atoms with Crippen LogP contribution in [0.3, 0.4) is 0 Å². The van der Waals surface area contributed by atoms with Gasteiger partial charge in [-0.05, 0) is 0 Å². The number of amides is 1. The topological polar surface area (TPSA) is 133 Å². The van der Waals surface area contributed by atoms with E-state index < -0.39 is 58.2 Å². The third-order valence-corrected chi connectivity index (χ3v) is 4.43. The van der Waals surface area contributed by atoms with Crippen molar-refractivity contribution in [2.75, 3.05) is 13.2 Å². The van der Waals surface area contributed by atoms with Crippen molar-refractivity contribution in [1.29, 1.82) is 5.41 Å². The van der Waals surface area contributed by atoms with Crippen LogP contribution in [0.2, 0.25) is 0 Å². The van der Waals surface area contributed by atoms with Crippen LogP contribution in [0.4, 0.5) is 4.79 Å². The molecule has 30 heavy (non-hydrogen) atoms. The summed E-state index contributed by atoms with van der Waals surface area (Å²) in [6.07, 6.45) is -2.75. The molecule has 1 rings (SSSR count). The molecule has 10 nitrogen and oxygen atoms in total. The number of nitrogens with one attached hydrogen (secondary N) is 2. The van der Waals surface area contributed by atoms with Crippen molar-refractivity contribution in [3.8, 4) is 0 Å². The Kier molecular flexibility index (Phi) is 10.2. The van der Waals surface area contributed by atoms with Gasteiger partial charge in [-0.15, -0.1) is 0 Å². The van der Waals surface area contributed by atoms with Crippen LogP contribution in [0, 0.1) is 11.3 Å². The first-order chi connectivity index (χ1) is 13.9. The Hall–Kier alpha value is -1.75. The van der Waals surface area contributed by atoms with Gasteiger partial charge in [0, 0.05) is 19.8 Å². The van der Waals surface area contributed by atoms with E-state index in [4.69, 9.17) is 63.9 Å². The van der Waals surface area contributed by atoms with Gasteiger partial charge in [0.1, 0.15) is 31.5 Å². The van der Waals surface area contributed by atoms with Crippen LogP contribution in [0.25, 0.3) is 0 Å². The largest absolute Gasteiger partial charge is 0.463 e. The molecule has 0 aliphatic carbocycles. The molecular formula is C17H23Cl3N2O8.